The minimum absolute atomic E-state index is 0.0941. The molecule has 1 aromatic heterocycles. The van der Waals surface area contributed by atoms with Crippen molar-refractivity contribution in [2.24, 2.45) is 0 Å². The molecular formula is C20H15BrN4O3S. The number of aromatic nitrogens is 1. The van der Waals surface area contributed by atoms with E-state index in [1.807, 2.05) is 35.7 Å². The van der Waals surface area contributed by atoms with Crippen molar-refractivity contribution in [2.75, 3.05) is 23.3 Å². The SMILES string of the molecule is O=C(CN1C(=O)CN(c2ccc(Br)cc2)C1=O)Nc1nc(-c2ccccc2)cs1. The lowest BCUT2D eigenvalue weighted by atomic mass is 10.2. The van der Waals surface area contributed by atoms with E-state index in [0.717, 1.165) is 20.6 Å². The average Bonchev–Trinajstić information content (AvgIpc) is 3.29. The lowest BCUT2D eigenvalue weighted by molar-refractivity contribution is -0.128. The van der Waals surface area contributed by atoms with Crippen molar-refractivity contribution in [2.45, 2.75) is 0 Å². The van der Waals surface area contributed by atoms with E-state index in [1.165, 1.54) is 16.2 Å². The number of thiazole rings is 1. The van der Waals surface area contributed by atoms with Gasteiger partial charge in [0.05, 0.1) is 5.69 Å². The third-order valence-electron chi connectivity index (χ3n) is 4.32. The van der Waals surface area contributed by atoms with Gasteiger partial charge in [-0.2, -0.15) is 0 Å². The Labute approximate surface area is 179 Å². The summed E-state index contributed by atoms with van der Waals surface area (Å²) in [7, 11) is 0. The van der Waals surface area contributed by atoms with Gasteiger partial charge in [-0.05, 0) is 24.3 Å². The fraction of sp³-hybridized carbons (Fsp3) is 0.100. The molecule has 2 heterocycles. The lowest BCUT2D eigenvalue weighted by Crippen LogP contribution is -2.39. The number of halogens is 1. The standard InChI is InChI=1S/C20H15BrN4O3S/c21-14-6-8-15(9-7-14)24-11-18(27)25(20(24)28)10-17(26)23-19-22-16(12-29-19)13-4-2-1-3-5-13/h1-9,12H,10-11H2,(H,22,23,26). The Morgan fingerprint density at radius 1 is 1.10 bits per heavy atom. The van der Waals surface area contributed by atoms with Gasteiger partial charge in [-0.3, -0.25) is 19.4 Å². The van der Waals surface area contributed by atoms with Crippen molar-refractivity contribution in [3.05, 3.63) is 64.5 Å². The zero-order valence-electron chi connectivity index (χ0n) is 15.0. The highest BCUT2D eigenvalue weighted by Crippen LogP contribution is 2.25. The Morgan fingerprint density at radius 2 is 1.83 bits per heavy atom. The molecule has 0 spiro atoms. The van der Waals surface area contributed by atoms with Gasteiger partial charge >= 0.3 is 6.03 Å². The maximum absolute atomic E-state index is 12.6. The minimum atomic E-state index is -0.517. The number of anilines is 2. The van der Waals surface area contributed by atoms with Gasteiger partial charge in [0.1, 0.15) is 13.1 Å². The van der Waals surface area contributed by atoms with E-state index < -0.39 is 17.8 Å². The zero-order chi connectivity index (χ0) is 20.4. The van der Waals surface area contributed by atoms with E-state index in [9.17, 15) is 14.4 Å². The highest BCUT2D eigenvalue weighted by atomic mass is 79.9. The molecule has 3 aromatic rings. The minimum Gasteiger partial charge on any atom is -0.300 e. The van der Waals surface area contributed by atoms with Crippen LogP contribution in [0.4, 0.5) is 15.6 Å². The molecule has 1 aliphatic heterocycles. The van der Waals surface area contributed by atoms with Crippen LogP contribution >= 0.6 is 27.3 Å². The summed E-state index contributed by atoms with van der Waals surface area (Å²) in [6.07, 6.45) is 0. The van der Waals surface area contributed by atoms with Gasteiger partial charge in [0, 0.05) is 21.1 Å². The molecule has 0 unspecified atom stereocenters. The number of amides is 4. The van der Waals surface area contributed by atoms with Crippen molar-refractivity contribution in [1.82, 2.24) is 9.88 Å². The Morgan fingerprint density at radius 3 is 2.55 bits per heavy atom. The van der Waals surface area contributed by atoms with E-state index in [4.69, 9.17) is 0 Å². The maximum Gasteiger partial charge on any atom is 0.332 e. The molecule has 146 valence electrons. The van der Waals surface area contributed by atoms with Crippen LogP contribution in [0.2, 0.25) is 0 Å². The molecule has 2 aromatic carbocycles. The average molecular weight is 471 g/mol. The summed E-state index contributed by atoms with van der Waals surface area (Å²) in [4.78, 5) is 43.9. The summed E-state index contributed by atoms with van der Waals surface area (Å²) in [5, 5.41) is 4.91. The second-order valence-corrected chi connectivity index (χ2v) is 8.05. The van der Waals surface area contributed by atoms with Gasteiger partial charge in [0.15, 0.2) is 5.13 Å². The van der Waals surface area contributed by atoms with Crippen molar-refractivity contribution < 1.29 is 14.4 Å². The number of benzene rings is 2. The predicted molar refractivity (Wildman–Crippen MR) is 115 cm³/mol. The molecule has 0 atom stereocenters. The van der Waals surface area contributed by atoms with Crippen LogP contribution in [0.25, 0.3) is 11.3 Å². The summed E-state index contributed by atoms with van der Waals surface area (Å²) in [5.41, 5.74) is 2.29. The fourth-order valence-corrected chi connectivity index (χ4v) is 3.89. The quantitative estimate of drug-likeness (QED) is 0.571. The predicted octanol–water partition coefficient (Wildman–Crippen LogP) is 3.98. The molecule has 1 fully saturated rings. The second-order valence-electron chi connectivity index (χ2n) is 6.28. The molecule has 7 nitrogen and oxygen atoms in total. The normalized spacial score (nSPS) is 13.8. The van der Waals surface area contributed by atoms with Crippen LogP contribution in [-0.4, -0.2) is 40.8 Å². The monoisotopic (exact) mass is 470 g/mol. The summed E-state index contributed by atoms with van der Waals surface area (Å²) < 4.78 is 0.869. The summed E-state index contributed by atoms with van der Waals surface area (Å²) >= 11 is 4.62. The highest BCUT2D eigenvalue weighted by molar-refractivity contribution is 9.10. The topological polar surface area (TPSA) is 82.6 Å². The first-order chi connectivity index (χ1) is 14.0. The number of imide groups is 1. The number of carbonyl (C=O) groups excluding carboxylic acids is 3. The zero-order valence-corrected chi connectivity index (χ0v) is 17.4. The van der Waals surface area contributed by atoms with Gasteiger partial charge in [-0.1, -0.05) is 46.3 Å². The van der Waals surface area contributed by atoms with Crippen LogP contribution in [-0.2, 0) is 9.59 Å². The van der Waals surface area contributed by atoms with E-state index in [0.29, 0.717) is 10.8 Å². The van der Waals surface area contributed by atoms with Crippen molar-refractivity contribution in [3.8, 4) is 11.3 Å². The smallest absolute Gasteiger partial charge is 0.300 e. The number of nitrogens with zero attached hydrogens (tertiary/aromatic N) is 3. The molecule has 1 N–H and O–H groups in total. The van der Waals surface area contributed by atoms with Crippen LogP contribution in [0.3, 0.4) is 0 Å². The third-order valence-corrected chi connectivity index (χ3v) is 5.60. The van der Waals surface area contributed by atoms with Gasteiger partial charge in [-0.25, -0.2) is 9.78 Å². The molecule has 4 amide bonds. The van der Waals surface area contributed by atoms with Crippen LogP contribution in [0.15, 0.2) is 64.5 Å². The molecule has 9 heteroatoms. The maximum atomic E-state index is 12.6. The molecule has 29 heavy (non-hydrogen) atoms. The molecule has 0 aliphatic carbocycles. The first-order valence-corrected chi connectivity index (χ1v) is 10.4. The van der Waals surface area contributed by atoms with Gasteiger partial charge in [0.2, 0.25) is 5.91 Å². The third kappa shape index (κ3) is 4.20. The Kier molecular flexibility index (Phi) is 5.41. The number of urea groups is 1. The number of hydrogen-bond donors (Lipinski definition) is 1. The second kappa shape index (κ2) is 8.14. The molecule has 1 aliphatic rings. The Balaban J connectivity index is 1.41. The summed E-state index contributed by atoms with van der Waals surface area (Å²) in [5.74, 6) is -0.893. The highest BCUT2D eigenvalue weighted by Gasteiger charge is 2.38. The van der Waals surface area contributed by atoms with E-state index in [2.05, 4.69) is 26.2 Å². The molecular weight excluding hydrogens is 456 g/mol. The molecule has 0 bridgehead atoms. The van der Waals surface area contributed by atoms with E-state index in [1.54, 1.807) is 24.3 Å². The van der Waals surface area contributed by atoms with Crippen LogP contribution in [0, 0.1) is 0 Å². The van der Waals surface area contributed by atoms with Crippen LogP contribution < -0.4 is 10.2 Å². The van der Waals surface area contributed by atoms with Crippen molar-refractivity contribution in [1.29, 1.82) is 0 Å². The molecule has 0 saturated carbocycles. The van der Waals surface area contributed by atoms with Gasteiger partial charge < -0.3 is 5.32 Å². The molecule has 0 radical (unpaired) electrons. The fourth-order valence-electron chi connectivity index (χ4n) is 2.89. The molecule has 1 saturated heterocycles. The summed E-state index contributed by atoms with van der Waals surface area (Å²) in [6.45, 7) is -0.450. The number of hydrogen-bond acceptors (Lipinski definition) is 5. The van der Waals surface area contributed by atoms with Crippen molar-refractivity contribution >= 4 is 55.9 Å². The lowest BCUT2D eigenvalue weighted by Gasteiger charge is -2.16. The van der Waals surface area contributed by atoms with Crippen LogP contribution in [0.5, 0.6) is 0 Å². The van der Waals surface area contributed by atoms with E-state index in [-0.39, 0.29) is 13.1 Å². The largest absolute Gasteiger partial charge is 0.332 e. The Hall–Kier alpha value is -3.04. The number of carbonyl (C=O) groups is 3. The van der Waals surface area contributed by atoms with Crippen LogP contribution in [0.1, 0.15) is 0 Å². The first-order valence-electron chi connectivity index (χ1n) is 8.69. The van der Waals surface area contributed by atoms with Gasteiger partial charge in [0.25, 0.3) is 5.91 Å². The van der Waals surface area contributed by atoms with Gasteiger partial charge in [-0.15, -0.1) is 11.3 Å². The number of nitrogens with one attached hydrogen (secondary N) is 1. The summed E-state index contributed by atoms with van der Waals surface area (Å²) in [6, 6.07) is 16.1. The Bertz CT molecular complexity index is 1070. The van der Waals surface area contributed by atoms with E-state index >= 15 is 0 Å². The first kappa shape index (κ1) is 19.3. The number of rotatable bonds is 5. The van der Waals surface area contributed by atoms with Crippen molar-refractivity contribution in [3.63, 3.8) is 0 Å². The molecule has 4 rings (SSSR count).